The zero-order chi connectivity index (χ0) is 39.6. The highest BCUT2D eigenvalue weighted by Gasteiger charge is 2.20. The number of para-hydroxylation sites is 3. The van der Waals surface area contributed by atoms with Crippen molar-refractivity contribution in [2.45, 2.75) is 0 Å². The fourth-order valence-electron chi connectivity index (χ4n) is 8.60. The summed E-state index contributed by atoms with van der Waals surface area (Å²) >= 11 is 1.68. The highest BCUT2D eigenvalue weighted by molar-refractivity contribution is 7.21. The first-order valence-corrected chi connectivity index (χ1v) is 20.9. The Labute approximate surface area is 349 Å². The van der Waals surface area contributed by atoms with Crippen molar-refractivity contribution in [2.75, 3.05) is 4.90 Å². The van der Waals surface area contributed by atoms with Gasteiger partial charge in [0.25, 0.3) is 0 Å². The Hall–Kier alpha value is -7.73. The summed E-state index contributed by atoms with van der Waals surface area (Å²) in [6, 6.07) is 72.7. The fourth-order valence-corrected chi connectivity index (χ4v) is 9.60. The van der Waals surface area contributed by atoms with Crippen LogP contribution in [0.3, 0.4) is 0 Å². The van der Waals surface area contributed by atoms with Crippen molar-refractivity contribution >= 4 is 82.5 Å². The van der Waals surface area contributed by atoms with Crippen LogP contribution >= 0.6 is 11.3 Å². The molecule has 0 aliphatic carbocycles. The van der Waals surface area contributed by atoms with Crippen molar-refractivity contribution in [3.63, 3.8) is 0 Å². The van der Waals surface area contributed by atoms with Gasteiger partial charge in [0.15, 0.2) is 0 Å². The highest BCUT2D eigenvalue weighted by Crippen LogP contribution is 2.43. The number of hydrogen-bond donors (Lipinski definition) is 0. The smallest absolute Gasteiger partial charge is 0.145 e. The molecule has 4 nitrogen and oxygen atoms in total. The van der Waals surface area contributed by atoms with E-state index in [-0.39, 0.29) is 0 Å². The van der Waals surface area contributed by atoms with Crippen LogP contribution in [-0.2, 0) is 0 Å². The summed E-state index contributed by atoms with van der Waals surface area (Å²) in [5.41, 5.74) is 15.6. The molecule has 0 amide bonds. The molecule has 282 valence electrons. The summed E-state index contributed by atoms with van der Waals surface area (Å²) in [5.74, 6) is 0. The lowest BCUT2D eigenvalue weighted by Gasteiger charge is -2.26. The molecule has 0 saturated heterocycles. The highest BCUT2D eigenvalue weighted by atomic mass is 32.1. The number of rotatable bonds is 7. The molecule has 3 heterocycles. The topological polar surface area (TPSA) is 42.4 Å². The van der Waals surface area contributed by atoms with E-state index in [2.05, 4.69) is 199 Å². The quantitative estimate of drug-likeness (QED) is 0.161. The molecule has 0 aliphatic heterocycles. The minimum atomic E-state index is 0.827. The maximum absolute atomic E-state index is 6.58. The summed E-state index contributed by atoms with van der Waals surface area (Å²) < 4.78 is 14.1. The van der Waals surface area contributed by atoms with Crippen molar-refractivity contribution in [3.8, 4) is 44.0 Å². The number of thiazole rings is 1. The monoisotopic (exact) mass is 786 g/mol. The Kier molecular flexibility index (Phi) is 8.00. The van der Waals surface area contributed by atoms with Gasteiger partial charge in [-0.2, -0.15) is 0 Å². The van der Waals surface area contributed by atoms with Gasteiger partial charge in [0.2, 0.25) is 0 Å². The van der Waals surface area contributed by atoms with Gasteiger partial charge in [-0.3, -0.25) is 0 Å². The van der Waals surface area contributed by atoms with Crippen LogP contribution in [0.2, 0.25) is 0 Å². The molecule has 9 aromatic carbocycles. The number of hydrogen-bond acceptors (Lipinski definition) is 5. The molecule has 0 atom stereocenters. The third kappa shape index (κ3) is 5.78. The number of anilines is 3. The van der Waals surface area contributed by atoms with Crippen LogP contribution in [0.1, 0.15) is 0 Å². The Balaban J connectivity index is 0.890. The molecule has 60 heavy (non-hydrogen) atoms. The molecule has 12 aromatic rings. The molecule has 0 fully saturated rings. The summed E-state index contributed by atoms with van der Waals surface area (Å²) in [6.45, 7) is 0. The third-order valence-corrected chi connectivity index (χ3v) is 12.6. The van der Waals surface area contributed by atoms with E-state index >= 15 is 0 Å². The van der Waals surface area contributed by atoms with Crippen LogP contribution in [0.5, 0.6) is 0 Å². The second-order valence-electron chi connectivity index (χ2n) is 15.1. The molecule has 5 heteroatoms. The van der Waals surface area contributed by atoms with E-state index in [1.807, 2.05) is 12.1 Å². The first-order valence-electron chi connectivity index (χ1n) is 20.1. The van der Waals surface area contributed by atoms with Crippen LogP contribution in [0, 0.1) is 0 Å². The zero-order valence-corrected chi connectivity index (χ0v) is 33.1. The van der Waals surface area contributed by atoms with Gasteiger partial charge >= 0.3 is 0 Å². The fraction of sp³-hybridized carbons (Fsp3) is 0. The Morgan fingerprint density at radius 1 is 0.383 bits per heavy atom. The molecule has 12 rings (SSSR count). The largest absolute Gasteiger partial charge is 0.456 e. The van der Waals surface area contributed by atoms with E-state index < -0.39 is 0 Å². The van der Waals surface area contributed by atoms with Gasteiger partial charge in [0.1, 0.15) is 27.3 Å². The van der Waals surface area contributed by atoms with Crippen molar-refractivity contribution in [1.29, 1.82) is 0 Å². The number of benzene rings is 9. The average Bonchev–Trinajstić information content (AvgIpc) is 4.03. The predicted molar refractivity (Wildman–Crippen MR) is 251 cm³/mol. The second kappa shape index (κ2) is 14.0. The third-order valence-electron chi connectivity index (χ3n) is 11.5. The van der Waals surface area contributed by atoms with Crippen molar-refractivity contribution in [2.24, 2.45) is 0 Å². The molecule has 0 N–H and O–H groups in total. The van der Waals surface area contributed by atoms with E-state index in [9.17, 15) is 0 Å². The normalized spacial score (nSPS) is 11.7. The minimum absolute atomic E-state index is 0.827. The van der Waals surface area contributed by atoms with Crippen LogP contribution in [-0.4, -0.2) is 4.98 Å². The van der Waals surface area contributed by atoms with Crippen LogP contribution in [0.4, 0.5) is 17.1 Å². The van der Waals surface area contributed by atoms with Gasteiger partial charge in [-0.25, -0.2) is 4.98 Å². The summed E-state index contributed by atoms with van der Waals surface area (Å²) in [5, 5.41) is 5.23. The van der Waals surface area contributed by atoms with Gasteiger partial charge < -0.3 is 13.7 Å². The Morgan fingerprint density at radius 2 is 0.983 bits per heavy atom. The van der Waals surface area contributed by atoms with E-state index in [4.69, 9.17) is 13.8 Å². The number of nitrogens with zero attached hydrogens (tertiary/aromatic N) is 2. The molecular weight excluding hydrogens is 753 g/mol. The predicted octanol–water partition coefficient (Wildman–Crippen LogP) is 16.2. The van der Waals surface area contributed by atoms with Crippen molar-refractivity contribution in [1.82, 2.24) is 4.98 Å². The van der Waals surface area contributed by atoms with E-state index in [1.165, 1.54) is 22.3 Å². The van der Waals surface area contributed by atoms with Gasteiger partial charge in [-0.05, 0) is 106 Å². The molecule has 0 saturated carbocycles. The van der Waals surface area contributed by atoms with Crippen molar-refractivity contribution in [3.05, 3.63) is 206 Å². The standard InChI is InChI=1S/C55H34N2O2S/c1-3-11-35(12-4-1)36-21-23-37(24-22-36)38-25-28-42(29-26-38)57(41-14-5-2-6-15-41)43-16-9-13-39(33-43)40-27-30-46-50(34-40)58-49-31-32-51-53(52(46)49)56-55(60-51)47-19-10-18-45-44-17-7-8-20-48(44)59-54(45)47/h1-34H. The maximum Gasteiger partial charge on any atom is 0.145 e. The second-order valence-corrected chi connectivity index (χ2v) is 16.1. The zero-order valence-electron chi connectivity index (χ0n) is 32.2. The summed E-state index contributed by atoms with van der Waals surface area (Å²) in [4.78, 5) is 7.57. The van der Waals surface area contributed by atoms with E-state index in [0.717, 1.165) is 92.9 Å². The lowest BCUT2D eigenvalue weighted by atomic mass is 10.00. The number of furan rings is 2. The van der Waals surface area contributed by atoms with Crippen LogP contribution < -0.4 is 4.90 Å². The Bertz CT molecular complexity index is 3530. The molecular formula is C55H34N2O2S. The Morgan fingerprint density at radius 3 is 1.78 bits per heavy atom. The lowest BCUT2D eigenvalue weighted by molar-refractivity contribution is 0.669. The van der Waals surface area contributed by atoms with Gasteiger partial charge in [0.05, 0.1) is 21.2 Å². The van der Waals surface area contributed by atoms with Gasteiger partial charge in [-0.15, -0.1) is 11.3 Å². The van der Waals surface area contributed by atoms with Crippen LogP contribution in [0.25, 0.3) is 98.0 Å². The first kappa shape index (κ1) is 34.3. The minimum Gasteiger partial charge on any atom is -0.456 e. The van der Waals surface area contributed by atoms with Gasteiger partial charge in [0, 0.05) is 33.2 Å². The summed E-state index contributed by atoms with van der Waals surface area (Å²) in [7, 11) is 0. The molecule has 0 aliphatic rings. The summed E-state index contributed by atoms with van der Waals surface area (Å²) in [6.07, 6.45) is 0. The average molecular weight is 787 g/mol. The maximum atomic E-state index is 6.58. The molecule has 0 bridgehead atoms. The van der Waals surface area contributed by atoms with Crippen LogP contribution in [0.15, 0.2) is 215 Å². The van der Waals surface area contributed by atoms with E-state index in [0.29, 0.717) is 0 Å². The first-order chi connectivity index (χ1) is 29.7. The van der Waals surface area contributed by atoms with E-state index in [1.54, 1.807) is 11.3 Å². The molecule has 0 spiro atoms. The molecule has 3 aromatic heterocycles. The van der Waals surface area contributed by atoms with Crippen molar-refractivity contribution < 1.29 is 8.83 Å². The SMILES string of the molecule is c1ccc(-c2ccc(-c3ccc(N(c4ccccc4)c4cccc(-c5ccc6c(c5)oc5ccc7sc(-c8cccc9c8oc8ccccc89)nc7c56)c4)cc3)cc2)cc1. The number of fused-ring (bicyclic) bond motifs is 8. The molecule has 0 radical (unpaired) electrons. The number of aromatic nitrogens is 1. The lowest BCUT2D eigenvalue weighted by Crippen LogP contribution is -2.09. The molecule has 0 unspecified atom stereocenters. The van der Waals surface area contributed by atoms with Gasteiger partial charge in [-0.1, -0.05) is 133 Å².